The Morgan fingerprint density at radius 3 is 2.50 bits per heavy atom. The largest absolute Gasteiger partial charge is 0.347 e. The van der Waals surface area contributed by atoms with Gasteiger partial charge < -0.3 is 10.2 Å². The van der Waals surface area contributed by atoms with E-state index in [4.69, 9.17) is 0 Å². The molecule has 1 aliphatic rings. The van der Waals surface area contributed by atoms with E-state index in [2.05, 4.69) is 34.5 Å². The number of rotatable bonds is 7. The topological polar surface area (TPSA) is 52.7 Å². The molecule has 0 aliphatic carbocycles. The van der Waals surface area contributed by atoms with E-state index in [1.54, 1.807) is 0 Å². The predicted octanol–water partition coefficient (Wildman–Crippen LogP) is 1.76. The Bertz CT molecular complexity index is 549. The third-order valence-electron chi connectivity index (χ3n) is 4.11. The van der Waals surface area contributed by atoms with Crippen LogP contribution in [0.25, 0.3) is 6.08 Å². The summed E-state index contributed by atoms with van der Waals surface area (Å²) in [5, 5.41) is 2.69. The second-order valence-electron chi connectivity index (χ2n) is 6.02. The lowest BCUT2D eigenvalue weighted by Gasteiger charge is -2.34. The molecule has 1 aromatic carbocycles. The van der Waals surface area contributed by atoms with Crippen molar-refractivity contribution in [2.75, 3.05) is 39.3 Å². The second-order valence-corrected chi connectivity index (χ2v) is 6.02. The Labute approximate surface area is 144 Å². The minimum atomic E-state index is -0.0458. The van der Waals surface area contributed by atoms with Crippen molar-refractivity contribution in [1.29, 1.82) is 0 Å². The number of hydrogen-bond acceptors (Lipinski definition) is 3. The third kappa shape index (κ3) is 6.16. The van der Waals surface area contributed by atoms with Gasteiger partial charge in [0.05, 0.1) is 6.54 Å². The zero-order valence-electron chi connectivity index (χ0n) is 14.4. The van der Waals surface area contributed by atoms with Gasteiger partial charge in [0.2, 0.25) is 11.8 Å². The van der Waals surface area contributed by atoms with E-state index in [9.17, 15) is 9.59 Å². The van der Waals surface area contributed by atoms with E-state index in [0.29, 0.717) is 6.42 Å². The molecule has 1 heterocycles. The van der Waals surface area contributed by atoms with Gasteiger partial charge in [-0.05, 0) is 12.0 Å². The van der Waals surface area contributed by atoms with Crippen LogP contribution in [-0.2, 0) is 9.59 Å². The van der Waals surface area contributed by atoms with Gasteiger partial charge in [-0.2, -0.15) is 0 Å². The number of hydrogen-bond donors (Lipinski definition) is 1. The van der Waals surface area contributed by atoms with Gasteiger partial charge in [0.15, 0.2) is 0 Å². The summed E-state index contributed by atoms with van der Waals surface area (Å²) in [6.07, 6.45) is 5.57. The maximum Gasteiger partial charge on any atom is 0.242 e. The van der Waals surface area contributed by atoms with E-state index >= 15 is 0 Å². The lowest BCUT2D eigenvalue weighted by molar-refractivity contribution is -0.134. The van der Waals surface area contributed by atoms with Gasteiger partial charge in [-0.1, -0.05) is 49.4 Å². The van der Waals surface area contributed by atoms with Crippen molar-refractivity contribution < 1.29 is 9.59 Å². The van der Waals surface area contributed by atoms with Crippen LogP contribution in [0.1, 0.15) is 25.3 Å². The first-order valence-corrected chi connectivity index (χ1v) is 8.67. The van der Waals surface area contributed by atoms with Crippen LogP contribution in [0.2, 0.25) is 0 Å². The highest BCUT2D eigenvalue weighted by atomic mass is 16.2. The number of nitrogens with zero attached hydrogens (tertiary/aromatic N) is 2. The molecule has 1 N–H and O–H groups in total. The Hall–Kier alpha value is -2.14. The number of nitrogens with one attached hydrogen (secondary N) is 1. The molecule has 1 fully saturated rings. The SMILES string of the molecule is CCCC(=O)NCC(=O)N1CCN(C/C=C/c2ccccc2)CC1. The maximum absolute atomic E-state index is 12.1. The van der Waals surface area contributed by atoms with E-state index in [1.165, 1.54) is 5.56 Å². The quantitative estimate of drug-likeness (QED) is 0.829. The van der Waals surface area contributed by atoms with E-state index in [1.807, 2.05) is 30.0 Å². The van der Waals surface area contributed by atoms with Gasteiger partial charge in [-0.3, -0.25) is 14.5 Å². The van der Waals surface area contributed by atoms with Crippen molar-refractivity contribution in [2.45, 2.75) is 19.8 Å². The van der Waals surface area contributed by atoms with Crippen LogP contribution in [0.3, 0.4) is 0 Å². The van der Waals surface area contributed by atoms with Gasteiger partial charge in [0.1, 0.15) is 0 Å². The molecule has 5 heteroatoms. The van der Waals surface area contributed by atoms with Crippen molar-refractivity contribution >= 4 is 17.9 Å². The second kappa shape index (κ2) is 9.88. The standard InChI is InChI=1S/C19H27N3O2/c1-2-7-18(23)20-16-19(24)22-14-12-21(13-15-22)11-6-10-17-8-4-3-5-9-17/h3-6,8-10H,2,7,11-16H2,1H3,(H,20,23)/b10-6+. The van der Waals surface area contributed by atoms with Crippen molar-refractivity contribution in [3.63, 3.8) is 0 Å². The Balaban J connectivity index is 1.66. The number of carbonyl (C=O) groups is 2. The summed E-state index contributed by atoms with van der Waals surface area (Å²) in [6.45, 7) is 6.15. The summed E-state index contributed by atoms with van der Waals surface area (Å²) in [4.78, 5) is 27.7. The van der Waals surface area contributed by atoms with Crippen LogP contribution >= 0.6 is 0 Å². The molecule has 0 aromatic heterocycles. The molecule has 5 nitrogen and oxygen atoms in total. The highest BCUT2D eigenvalue weighted by Gasteiger charge is 2.20. The average molecular weight is 329 g/mol. The van der Waals surface area contributed by atoms with Crippen molar-refractivity contribution in [3.8, 4) is 0 Å². The number of carbonyl (C=O) groups excluding carboxylic acids is 2. The smallest absolute Gasteiger partial charge is 0.242 e. The first kappa shape index (κ1) is 18.2. The number of benzene rings is 1. The summed E-state index contributed by atoms with van der Waals surface area (Å²) in [5.41, 5.74) is 1.20. The molecule has 1 aromatic rings. The number of piperazine rings is 1. The van der Waals surface area contributed by atoms with E-state index < -0.39 is 0 Å². The fraction of sp³-hybridized carbons (Fsp3) is 0.474. The molecule has 130 valence electrons. The summed E-state index contributed by atoms with van der Waals surface area (Å²) < 4.78 is 0. The fourth-order valence-corrected chi connectivity index (χ4v) is 2.68. The van der Waals surface area contributed by atoms with Crippen molar-refractivity contribution in [3.05, 3.63) is 42.0 Å². The molecule has 0 atom stereocenters. The van der Waals surface area contributed by atoms with E-state index in [-0.39, 0.29) is 18.4 Å². The lowest BCUT2D eigenvalue weighted by atomic mass is 10.2. The zero-order chi connectivity index (χ0) is 17.2. The Kier molecular flexibility index (Phi) is 7.49. The summed E-state index contributed by atoms with van der Waals surface area (Å²) in [5.74, 6) is -0.0329. The number of amides is 2. The summed E-state index contributed by atoms with van der Waals surface area (Å²) in [7, 11) is 0. The van der Waals surface area contributed by atoms with Crippen molar-refractivity contribution in [2.24, 2.45) is 0 Å². The molecule has 24 heavy (non-hydrogen) atoms. The molecule has 0 bridgehead atoms. The molecule has 0 unspecified atom stereocenters. The van der Waals surface area contributed by atoms with Crippen LogP contribution in [0.15, 0.2) is 36.4 Å². The highest BCUT2D eigenvalue weighted by molar-refractivity contribution is 5.84. The van der Waals surface area contributed by atoms with Gasteiger partial charge in [0.25, 0.3) is 0 Å². The molecule has 0 radical (unpaired) electrons. The molecule has 2 rings (SSSR count). The molecule has 0 saturated carbocycles. The first-order valence-electron chi connectivity index (χ1n) is 8.67. The van der Waals surface area contributed by atoms with Crippen LogP contribution in [0.5, 0.6) is 0 Å². The first-order chi connectivity index (χ1) is 11.7. The van der Waals surface area contributed by atoms with Crippen LogP contribution in [0, 0.1) is 0 Å². The van der Waals surface area contributed by atoms with Crippen LogP contribution < -0.4 is 5.32 Å². The van der Waals surface area contributed by atoms with Gasteiger partial charge >= 0.3 is 0 Å². The molecule has 0 spiro atoms. The van der Waals surface area contributed by atoms with Gasteiger partial charge in [-0.25, -0.2) is 0 Å². The normalized spacial score (nSPS) is 15.6. The van der Waals surface area contributed by atoms with Crippen LogP contribution in [0.4, 0.5) is 0 Å². The maximum atomic E-state index is 12.1. The van der Waals surface area contributed by atoms with Gasteiger partial charge in [0, 0.05) is 39.1 Å². The monoisotopic (exact) mass is 329 g/mol. The van der Waals surface area contributed by atoms with Crippen LogP contribution in [-0.4, -0.2) is 60.9 Å². The summed E-state index contributed by atoms with van der Waals surface area (Å²) in [6, 6.07) is 10.2. The Morgan fingerprint density at radius 2 is 1.83 bits per heavy atom. The third-order valence-corrected chi connectivity index (χ3v) is 4.11. The minimum absolute atomic E-state index is 0.0129. The molecule has 1 saturated heterocycles. The lowest BCUT2D eigenvalue weighted by Crippen LogP contribution is -2.51. The van der Waals surface area contributed by atoms with E-state index in [0.717, 1.165) is 39.1 Å². The zero-order valence-corrected chi connectivity index (χ0v) is 14.4. The fourth-order valence-electron chi connectivity index (χ4n) is 2.68. The molecule has 2 amide bonds. The summed E-state index contributed by atoms with van der Waals surface area (Å²) >= 11 is 0. The van der Waals surface area contributed by atoms with Crippen molar-refractivity contribution in [1.82, 2.24) is 15.1 Å². The highest BCUT2D eigenvalue weighted by Crippen LogP contribution is 2.04. The average Bonchev–Trinajstić information content (AvgIpc) is 2.61. The Morgan fingerprint density at radius 1 is 1.12 bits per heavy atom. The molecular weight excluding hydrogens is 302 g/mol. The van der Waals surface area contributed by atoms with Gasteiger partial charge in [-0.15, -0.1) is 0 Å². The molecule has 1 aliphatic heterocycles. The minimum Gasteiger partial charge on any atom is -0.347 e. The predicted molar refractivity (Wildman–Crippen MR) is 96.4 cm³/mol. The molecular formula is C19H27N3O2.